The number of hydrogen-bond donors (Lipinski definition) is 15. The number of phenols is 1. The van der Waals surface area contributed by atoms with Crippen LogP contribution in [0.5, 0.6) is 5.75 Å². The minimum atomic E-state index is -1.52. The van der Waals surface area contributed by atoms with Crippen LogP contribution in [0.2, 0.25) is 0 Å². The number of primary amides is 2. The number of unbranched alkanes of at least 4 members (excludes halogenated alkanes) is 2. The average molecular weight is 1260 g/mol. The van der Waals surface area contributed by atoms with Crippen LogP contribution in [-0.4, -0.2) is 156 Å². The second-order valence-electron chi connectivity index (χ2n) is 22.8. The van der Waals surface area contributed by atoms with E-state index in [1.807, 2.05) is 56.3 Å². The van der Waals surface area contributed by atoms with Crippen molar-refractivity contribution < 1.29 is 53.1 Å². The van der Waals surface area contributed by atoms with Gasteiger partial charge in [-0.1, -0.05) is 105 Å². The Kier molecular flexibility index (Phi) is 30.6. The third-order valence-electron chi connectivity index (χ3n) is 14.8. The molecule has 0 aliphatic heterocycles. The minimum absolute atomic E-state index is 0.00320. The van der Waals surface area contributed by atoms with E-state index in [-0.39, 0.29) is 94.5 Å². The summed E-state index contributed by atoms with van der Waals surface area (Å²) in [5.74, 6) is -8.74. The van der Waals surface area contributed by atoms with Gasteiger partial charge in [0.1, 0.15) is 54.1 Å². The van der Waals surface area contributed by atoms with Gasteiger partial charge in [0.25, 0.3) is 0 Å². The number of likely N-dealkylation sites (N-methyl/N-ethyl adjacent to an activating group) is 1. The lowest BCUT2D eigenvalue weighted by molar-refractivity contribution is -0.142. The van der Waals surface area contributed by atoms with Crippen LogP contribution in [0.25, 0.3) is 10.8 Å². The number of rotatable bonds is 39. The molecular weight excluding hydrogens is 1170 g/mol. The number of guanidine groups is 2. The van der Waals surface area contributed by atoms with Gasteiger partial charge in [-0.2, -0.15) is 0 Å². The molecule has 28 nitrogen and oxygen atoms in total. The largest absolute Gasteiger partial charge is 0.508 e. The summed E-state index contributed by atoms with van der Waals surface area (Å²) in [6, 6.07) is 17.1. The number of carbonyl (C=O) groups excluding carboxylic acids is 10. The fourth-order valence-corrected chi connectivity index (χ4v) is 9.75. The number of fused-ring (bicyclic) bond motifs is 1. The first-order valence-corrected chi connectivity index (χ1v) is 30.3. The minimum Gasteiger partial charge on any atom is -0.508 e. The average Bonchev–Trinajstić information content (AvgIpc) is 1.37. The Hall–Kier alpha value is -9.86. The van der Waals surface area contributed by atoms with Crippen LogP contribution in [-0.2, 0) is 67.2 Å². The van der Waals surface area contributed by atoms with Crippen LogP contribution in [0.1, 0.15) is 102 Å². The first-order chi connectivity index (χ1) is 43.2. The highest BCUT2D eigenvalue weighted by Crippen LogP contribution is 2.19. The fraction of sp³-hybridized carbons (Fsp3) is 0.460. The highest BCUT2D eigenvalue weighted by molar-refractivity contribution is 5.99. The van der Waals surface area contributed by atoms with Gasteiger partial charge in [-0.25, -0.2) is 0 Å². The molecule has 4 aromatic carbocycles. The number of amides is 10. The van der Waals surface area contributed by atoms with Crippen LogP contribution >= 0.6 is 0 Å². The fourth-order valence-electron chi connectivity index (χ4n) is 9.75. The van der Waals surface area contributed by atoms with E-state index in [1.54, 1.807) is 42.5 Å². The molecule has 0 aliphatic carbocycles. The molecule has 28 heteroatoms. The normalized spacial score (nSPS) is 13.6. The molecule has 0 aliphatic rings. The summed E-state index contributed by atoms with van der Waals surface area (Å²) >= 11 is 0. The van der Waals surface area contributed by atoms with Gasteiger partial charge in [0.15, 0.2) is 11.9 Å². The Labute approximate surface area is 529 Å². The second kappa shape index (κ2) is 37.9. The lowest BCUT2D eigenvalue weighted by Crippen LogP contribution is -2.60. The number of benzene rings is 4. The van der Waals surface area contributed by atoms with Gasteiger partial charge in [0.2, 0.25) is 59.1 Å². The van der Waals surface area contributed by atoms with Gasteiger partial charge in [0, 0.05) is 45.8 Å². The van der Waals surface area contributed by atoms with E-state index in [2.05, 4.69) is 47.2 Å². The zero-order valence-corrected chi connectivity index (χ0v) is 52.2. The van der Waals surface area contributed by atoms with E-state index < -0.39 is 114 Å². The van der Waals surface area contributed by atoms with Crippen molar-refractivity contribution in [2.45, 2.75) is 153 Å². The summed E-state index contributed by atoms with van der Waals surface area (Å²) in [7, 11) is 1.29. The molecule has 0 aromatic heterocycles. The molecule has 8 atom stereocenters. The van der Waals surface area contributed by atoms with E-state index in [4.69, 9.17) is 40.1 Å². The van der Waals surface area contributed by atoms with Crippen LogP contribution in [0.15, 0.2) is 107 Å². The van der Waals surface area contributed by atoms with Gasteiger partial charge in [-0.15, -0.1) is 0 Å². The van der Waals surface area contributed by atoms with E-state index in [9.17, 15) is 53.1 Å². The smallest absolute Gasteiger partial charge is 0.245 e. The van der Waals surface area contributed by atoms with Crippen molar-refractivity contribution in [1.29, 1.82) is 0 Å². The highest BCUT2D eigenvalue weighted by atomic mass is 16.3. The molecule has 0 saturated heterocycles. The molecule has 0 bridgehead atoms. The SMILES string of the molecule is CC(C)C[C@H](NC(=O)[C@H](Cc1ccc2ccccc2c1)NC(=O)[C@H](Cc1ccc(O)cc1)NC(=O)CCCCCN)C(=O)N[C@@H](Cc1ccccc1)C(=O)N[C@@H](CCCN=C(N)N)C(=O)N(C)[C@@H](C)C(=O)N[C@@H](CCCN=C(N)N)C(=O)N[C@@H](CC(N)=O)C(N)=O. The van der Waals surface area contributed by atoms with Gasteiger partial charge >= 0.3 is 0 Å². The Morgan fingerprint density at radius 1 is 0.484 bits per heavy atom. The summed E-state index contributed by atoms with van der Waals surface area (Å²) < 4.78 is 0. The third kappa shape index (κ3) is 26.4. The molecule has 0 radical (unpaired) electrons. The highest BCUT2D eigenvalue weighted by Gasteiger charge is 2.36. The number of phenolic OH excluding ortho intramolecular Hbond substituents is 1. The first-order valence-electron chi connectivity index (χ1n) is 30.3. The molecule has 0 fully saturated rings. The van der Waals surface area contributed by atoms with Crippen LogP contribution in [0, 0.1) is 5.92 Å². The Balaban J connectivity index is 1.68. The van der Waals surface area contributed by atoms with Crippen LogP contribution in [0.4, 0.5) is 0 Å². The van der Waals surface area contributed by atoms with E-state index in [0.29, 0.717) is 42.5 Å². The number of carbonyl (C=O) groups is 10. The summed E-state index contributed by atoms with van der Waals surface area (Å²) in [6.07, 6.45) is 1.36. The summed E-state index contributed by atoms with van der Waals surface area (Å²) in [6.45, 7) is 5.53. The Morgan fingerprint density at radius 2 is 0.945 bits per heavy atom. The summed E-state index contributed by atoms with van der Waals surface area (Å²) in [5, 5.41) is 30.9. The molecule has 4 aromatic rings. The number of hydrogen-bond acceptors (Lipinski definition) is 14. The third-order valence-corrected chi connectivity index (χ3v) is 14.8. The van der Waals surface area contributed by atoms with E-state index in [0.717, 1.165) is 15.7 Å². The number of aromatic hydroxyl groups is 1. The van der Waals surface area contributed by atoms with Gasteiger partial charge in [0.05, 0.1) is 6.42 Å². The number of nitrogens with two attached hydrogens (primary N) is 7. The van der Waals surface area contributed by atoms with Gasteiger partial charge in [-0.05, 0) is 104 Å². The molecule has 494 valence electrons. The summed E-state index contributed by atoms with van der Waals surface area (Å²) in [4.78, 5) is 148. The molecule has 0 unspecified atom stereocenters. The van der Waals surface area contributed by atoms with Crippen LogP contribution in [0.3, 0.4) is 0 Å². The lowest BCUT2D eigenvalue weighted by Gasteiger charge is -2.31. The number of nitrogens with zero attached hydrogens (tertiary/aromatic N) is 3. The quantitative estimate of drug-likeness (QED) is 0.0142. The van der Waals surface area contributed by atoms with Crippen LogP contribution < -0.4 is 77.4 Å². The molecular formula is C63H91N17O11. The van der Waals surface area contributed by atoms with Crippen molar-refractivity contribution in [1.82, 2.24) is 42.1 Å². The van der Waals surface area contributed by atoms with E-state index in [1.165, 1.54) is 26.1 Å². The van der Waals surface area contributed by atoms with Gasteiger partial charge < -0.3 is 87.4 Å². The standard InChI is InChI=1S/C63H91N17O11/c1-37(2)31-48(77-60(90)51(35-41-22-25-42-17-10-11-18-43(42)32-41)79-58(88)49(34-40-23-26-44(81)27-24-40)73-53(83)21-9-6-12-28-64)57(87)78-50(33-39-15-7-5-8-16-39)59(89)75-46(20-14-30-72-63(69)70)61(91)80(4)38(3)55(85)74-45(19-13-29-71-62(67)68)56(86)76-47(54(66)84)36-52(65)82/h5,7-8,10-11,15-18,22-27,32,37-38,45-51,81H,6,9,12-14,19-21,28-31,33-36,64H2,1-4H3,(H2,65,82)(H2,66,84)(H,73,83)(H,74,85)(H,75,89)(H,76,86)(H,77,90)(H,78,87)(H,79,88)(H4,67,68,71)(H4,69,70,72)/t38-,45-,46-,47-,48-,49-,50-,51-/m0/s1. The first kappa shape index (κ1) is 73.6. The second-order valence-corrected chi connectivity index (χ2v) is 22.8. The molecule has 22 N–H and O–H groups in total. The van der Waals surface area contributed by atoms with Crippen molar-refractivity contribution in [2.24, 2.45) is 56.0 Å². The zero-order chi connectivity index (χ0) is 67.2. The van der Waals surface area contributed by atoms with Gasteiger partial charge in [-0.3, -0.25) is 57.9 Å². The predicted octanol–water partition coefficient (Wildman–Crippen LogP) is -1.15. The van der Waals surface area contributed by atoms with Crippen molar-refractivity contribution in [3.63, 3.8) is 0 Å². The summed E-state index contributed by atoms with van der Waals surface area (Å²) in [5.41, 5.74) is 40.3. The Morgan fingerprint density at radius 3 is 1.49 bits per heavy atom. The molecule has 4 rings (SSSR count). The maximum atomic E-state index is 15.0. The molecule has 91 heavy (non-hydrogen) atoms. The number of aliphatic imine (C=N–C) groups is 2. The number of nitrogens with one attached hydrogen (secondary N) is 7. The maximum absolute atomic E-state index is 15.0. The monoisotopic (exact) mass is 1260 g/mol. The topological polar surface area (TPSA) is 485 Å². The maximum Gasteiger partial charge on any atom is 0.245 e. The Bertz CT molecular complexity index is 3160. The van der Waals surface area contributed by atoms with Crippen molar-refractivity contribution in [3.05, 3.63) is 114 Å². The van der Waals surface area contributed by atoms with E-state index >= 15 is 0 Å². The predicted molar refractivity (Wildman–Crippen MR) is 345 cm³/mol. The molecule has 0 spiro atoms. The zero-order valence-electron chi connectivity index (χ0n) is 52.2. The molecule has 0 heterocycles. The molecule has 0 saturated carbocycles. The van der Waals surface area contributed by atoms with Crippen molar-refractivity contribution in [3.8, 4) is 5.75 Å². The lowest BCUT2D eigenvalue weighted by atomic mass is 9.98. The van der Waals surface area contributed by atoms with Crippen molar-refractivity contribution >= 4 is 81.8 Å². The molecule has 10 amide bonds. The van der Waals surface area contributed by atoms with Crippen molar-refractivity contribution in [2.75, 3.05) is 26.7 Å².